The highest BCUT2D eigenvalue weighted by atomic mass is 16.5. The van der Waals surface area contributed by atoms with Gasteiger partial charge in [-0.25, -0.2) is 4.79 Å². The lowest BCUT2D eigenvalue weighted by Crippen LogP contribution is -2.43. The van der Waals surface area contributed by atoms with E-state index in [-0.39, 0.29) is 5.97 Å². The standard InChI is InChI=1S/C18H23NO4/c1-2-23-17(20)11-12-9-15-7-8-16(10-12)19(15)14-5-3-13(4-6-14)18(21)22/h3-6,12,15-16H,2,7-11H2,1H3,(H,21,22)/t12?,15-,16+. The largest absolute Gasteiger partial charge is 0.478 e. The van der Waals surface area contributed by atoms with Crippen molar-refractivity contribution in [3.05, 3.63) is 29.8 Å². The molecule has 2 saturated heterocycles. The van der Waals surface area contributed by atoms with Gasteiger partial charge in [-0.05, 0) is 62.8 Å². The number of piperidine rings is 1. The molecule has 2 fully saturated rings. The fourth-order valence-electron chi connectivity index (χ4n) is 4.11. The Morgan fingerprint density at radius 2 is 1.78 bits per heavy atom. The molecule has 2 aliphatic heterocycles. The summed E-state index contributed by atoms with van der Waals surface area (Å²) in [6, 6.07) is 8.04. The maximum atomic E-state index is 11.7. The molecule has 0 aliphatic carbocycles. The van der Waals surface area contributed by atoms with E-state index in [0.29, 0.717) is 36.6 Å². The van der Waals surface area contributed by atoms with Gasteiger partial charge in [0.05, 0.1) is 12.2 Å². The highest BCUT2D eigenvalue weighted by Gasteiger charge is 2.41. The van der Waals surface area contributed by atoms with Gasteiger partial charge in [0.1, 0.15) is 0 Å². The lowest BCUT2D eigenvalue weighted by atomic mass is 9.88. The molecule has 1 N–H and O–H groups in total. The van der Waals surface area contributed by atoms with Crippen molar-refractivity contribution in [2.45, 2.75) is 51.1 Å². The van der Waals surface area contributed by atoms with E-state index >= 15 is 0 Å². The number of hydrogen-bond donors (Lipinski definition) is 1. The SMILES string of the molecule is CCOC(=O)CC1C[C@H]2CC[C@@H](C1)N2c1ccc(C(=O)O)cc1. The van der Waals surface area contributed by atoms with Gasteiger partial charge in [0.15, 0.2) is 0 Å². The summed E-state index contributed by atoms with van der Waals surface area (Å²) < 4.78 is 5.07. The number of rotatable bonds is 5. The molecule has 0 aromatic heterocycles. The minimum Gasteiger partial charge on any atom is -0.478 e. The number of carboxylic acids is 1. The van der Waals surface area contributed by atoms with Crippen LogP contribution in [0.15, 0.2) is 24.3 Å². The number of benzene rings is 1. The summed E-state index contributed by atoms with van der Waals surface area (Å²) >= 11 is 0. The number of hydrogen-bond acceptors (Lipinski definition) is 4. The summed E-state index contributed by atoms with van der Waals surface area (Å²) in [6.45, 7) is 2.28. The van der Waals surface area contributed by atoms with E-state index in [1.807, 2.05) is 19.1 Å². The molecule has 2 heterocycles. The Morgan fingerprint density at radius 3 is 2.30 bits per heavy atom. The zero-order chi connectivity index (χ0) is 16.4. The quantitative estimate of drug-likeness (QED) is 0.845. The normalized spacial score (nSPS) is 26.1. The lowest BCUT2D eigenvalue weighted by molar-refractivity contribution is -0.144. The molecular formula is C18H23NO4. The predicted molar refractivity (Wildman–Crippen MR) is 86.7 cm³/mol. The highest BCUT2D eigenvalue weighted by molar-refractivity contribution is 5.88. The molecule has 1 aromatic carbocycles. The number of esters is 1. The topological polar surface area (TPSA) is 66.8 Å². The number of fused-ring (bicyclic) bond motifs is 2. The lowest BCUT2D eigenvalue weighted by Gasteiger charge is -2.40. The molecule has 23 heavy (non-hydrogen) atoms. The van der Waals surface area contributed by atoms with Crippen molar-refractivity contribution in [2.24, 2.45) is 5.92 Å². The Morgan fingerprint density at radius 1 is 1.17 bits per heavy atom. The Labute approximate surface area is 136 Å². The van der Waals surface area contributed by atoms with Crippen molar-refractivity contribution in [1.29, 1.82) is 0 Å². The van der Waals surface area contributed by atoms with Crippen LogP contribution in [0.2, 0.25) is 0 Å². The number of carbonyl (C=O) groups is 2. The number of carbonyl (C=O) groups excluding carboxylic acids is 1. The molecule has 2 aliphatic rings. The van der Waals surface area contributed by atoms with E-state index in [1.54, 1.807) is 12.1 Å². The molecule has 2 bridgehead atoms. The van der Waals surface area contributed by atoms with Crippen molar-refractivity contribution in [3.63, 3.8) is 0 Å². The third kappa shape index (κ3) is 3.33. The summed E-state index contributed by atoms with van der Waals surface area (Å²) in [6.07, 6.45) is 4.83. The second-order valence-corrected chi connectivity index (χ2v) is 6.49. The van der Waals surface area contributed by atoms with Gasteiger partial charge in [-0.1, -0.05) is 0 Å². The van der Waals surface area contributed by atoms with Gasteiger partial charge in [0.25, 0.3) is 0 Å². The number of carboxylic acid groups (broad SMARTS) is 1. The van der Waals surface area contributed by atoms with Crippen LogP contribution in [0.1, 0.15) is 49.4 Å². The van der Waals surface area contributed by atoms with Crippen molar-refractivity contribution < 1.29 is 19.4 Å². The van der Waals surface area contributed by atoms with Gasteiger partial charge in [-0.2, -0.15) is 0 Å². The summed E-state index contributed by atoms with van der Waals surface area (Å²) in [5.41, 5.74) is 1.41. The average molecular weight is 317 g/mol. The predicted octanol–water partition coefficient (Wildman–Crippen LogP) is 3.09. The van der Waals surface area contributed by atoms with Crippen molar-refractivity contribution in [1.82, 2.24) is 0 Å². The molecule has 3 rings (SSSR count). The first-order valence-corrected chi connectivity index (χ1v) is 8.35. The van der Waals surface area contributed by atoms with E-state index in [0.717, 1.165) is 31.4 Å². The zero-order valence-electron chi connectivity index (χ0n) is 13.4. The molecule has 0 spiro atoms. The smallest absolute Gasteiger partial charge is 0.335 e. The fraction of sp³-hybridized carbons (Fsp3) is 0.556. The Balaban J connectivity index is 1.67. The van der Waals surface area contributed by atoms with Gasteiger partial charge in [0.2, 0.25) is 0 Å². The molecule has 1 unspecified atom stereocenters. The first kappa shape index (κ1) is 15.8. The number of anilines is 1. The van der Waals surface area contributed by atoms with E-state index in [4.69, 9.17) is 9.84 Å². The molecule has 5 nitrogen and oxygen atoms in total. The third-order valence-corrected chi connectivity index (χ3v) is 5.00. The summed E-state index contributed by atoms with van der Waals surface area (Å²) in [5, 5.41) is 9.01. The van der Waals surface area contributed by atoms with Gasteiger partial charge in [-0.3, -0.25) is 4.79 Å². The molecule has 0 radical (unpaired) electrons. The van der Waals surface area contributed by atoms with Gasteiger partial charge >= 0.3 is 11.9 Å². The maximum Gasteiger partial charge on any atom is 0.335 e. The molecule has 0 amide bonds. The van der Waals surface area contributed by atoms with Crippen LogP contribution in [-0.2, 0) is 9.53 Å². The van der Waals surface area contributed by atoms with Gasteiger partial charge in [0, 0.05) is 24.2 Å². The van der Waals surface area contributed by atoms with Crippen molar-refractivity contribution >= 4 is 17.6 Å². The third-order valence-electron chi connectivity index (χ3n) is 5.00. The Hall–Kier alpha value is -2.04. The first-order chi connectivity index (χ1) is 11.1. The average Bonchev–Trinajstić information content (AvgIpc) is 2.79. The maximum absolute atomic E-state index is 11.7. The minimum atomic E-state index is -0.896. The zero-order valence-corrected chi connectivity index (χ0v) is 13.4. The number of aromatic carboxylic acids is 1. The van der Waals surface area contributed by atoms with Crippen LogP contribution in [0.5, 0.6) is 0 Å². The van der Waals surface area contributed by atoms with Crippen LogP contribution in [0.3, 0.4) is 0 Å². The van der Waals surface area contributed by atoms with E-state index < -0.39 is 5.97 Å². The van der Waals surface area contributed by atoms with Crippen LogP contribution < -0.4 is 4.90 Å². The molecular weight excluding hydrogens is 294 g/mol. The molecule has 3 atom stereocenters. The van der Waals surface area contributed by atoms with Gasteiger partial charge < -0.3 is 14.7 Å². The van der Waals surface area contributed by atoms with Crippen LogP contribution in [0, 0.1) is 5.92 Å². The fourth-order valence-corrected chi connectivity index (χ4v) is 4.11. The molecule has 1 aromatic rings. The van der Waals surface area contributed by atoms with Crippen molar-refractivity contribution in [2.75, 3.05) is 11.5 Å². The first-order valence-electron chi connectivity index (χ1n) is 8.35. The van der Waals surface area contributed by atoms with Gasteiger partial charge in [-0.15, -0.1) is 0 Å². The van der Waals surface area contributed by atoms with Crippen LogP contribution >= 0.6 is 0 Å². The Kier molecular flexibility index (Phi) is 4.55. The second-order valence-electron chi connectivity index (χ2n) is 6.49. The minimum absolute atomic E-state index is 0.0869. The van der Waals surface area contributed by atoms with Crippen LogP contribution in [0.4, 0.5) is 5.69 Å². The van der Waals surface area contributed by atoms with Crippen LogP contribution in [-0.4, -0.2) is 35.7 Å². The number of ether oxygens (including phenoxy) is 1. The highest BCUT2D eigenvalue weighted by Crippen LogP contribution is 2.42. The van der Waals surface area contributed by atoms with Crippen LogP contribution in [0.25, 0.3) is 0 Å². The van der Waals surface area contributed by atoms with E-state index in [2.05, 4.69) is 4.90 Å². The number of nitrogens with zero attached hydrogens (tertiary/aromatic N) is 1. The summed E-state index contributed by atoms with van der Waals surface area (Å²) in [5.74, 6) is -0.579. The molecule has 0 saturated carbocycles. The molecule has 5 heteroatoms. The summed E-state index contributed by atoms with van der Waals surface area (Å²) in [7, 11) is 0. The second kappa shape index (κ2) is 6.60. The van der Waals surface area contributed by atoms with E-state index in [9.17, 15) is 9.59 Å². The monoisotopic (exact) mass is 317 g/mol. The molecule has 124 valence electrons. The van der Waals surface area contributed by atoms with Crippen molar-refractivity contribution in [3.8, 4) is 0 Å². The summed E-state index contributed by atoms with van der Waals surface area (Å²) in [4.78, 5) is 25.1. The van der Waals surface area contributed by atoms with E-state index in [1.165, 1.54) is 0 Å². The Bertz CT molecular complexity index is 569.